The summed E-state index contributed by atoms with van der Waals surface area (Å²) in [7, 11) is 1.32. The number of methoxy groups -OCH3 is 1. The first kappa shape index (κ1) is 14.0. The number of anilines is 1. The van der Waals surface area contributed by atoms with Crippen molar-refractivity contribution in [3.63, 3.8) is 0 Å². The number of rotatable bonds is 5. The van der Waals surface area contributed by atoms with Crippen LogP contribution in [0, 0.1) is 0 Å². The van der Waals surface area contributed by atoms with Gasteiger partial charge in [0.1, 0.15) is 6.04 Å². The summed E-state index contributed by atoms with van der Waals surface area (Å²) in [5.41, 5.74) is 0.948. The van der Waals surface area contributed by atoms with Gasteiger partial charge in [-0.1, -0.05) is 12.1 Å². The van der Waals surface area contributed by atoms with Crippen molar-refractivity contribution in [3.05, 3.63) is 29.8 Å². The van der Waals surface area contributed by atoms with Crippen molar-refractivity contribution < 1.29 is 19.1 Å². The van der Waals surface area contributed by atoms with E-state index in [0.29, 0.717) is 17.9 Å². The smallest absolute Gasteiger partial charge is 0.340 e. The normalized spacial score (nSPS) is 11.5. The van der Waals surface area contributed by atoms with Crippen LogP contribution in [0.2, 0.25) is 0 Å². The fourth-order valence-electron chi connectivity index (χ4n) is 1.46. The van der Waals surface area contributed by atoms with Gasteiger partial charge in [-0.15, -0.1) is 0 Å². The van der Waals surface area contributed by atoms with Gasteiger partial charge in [0.05, 0.1) is 19.3 Å². The third kappa shape index (κ3) is 3.48. The van der Waals surface area contributed by atoms with Crippen molar-refractivity contribution in [1.82, 2.24) is 0 Å². The summed E-state index contributed by atoms with van der Waals surface area (Å²) in [6.45, 7) is 3.71. The molecule has 0 radical (unpaired) electrons. The lowest BCUT2D eigenvalue weighted by atomic mass is 10.1. The molecule has 0 aliphatic heterocycles. The lowest BCUT2D eigenvalue weighted by Crippen LogP contribution is -2.28. The monoisotopic (exact) mass is 251 g/mol. The molecule has 0 bridgehead atoms. The summed E-state index contributed by atoms with van der Waals surface area (Å²) >= 11 is 0. The van der Waals surface area contributed by atoms with Crippen LogP contribution in [-0.4, -0.2) is 31.7 Å². The fraction of sp³-hybridized carbons (Fsp3) is 0.385. The van der Waals surface area contributed by atoms with Gasteiger partial charge in [0, 0.05) is 5.69 Å². The van der Waals surface area contributed by atoms with E-state index in [0.717, 1.165) is 0 Å². The highest BCUT2D eigenvalue weighted by Gasteiger charge is 2.17. The molecule has 0 heterocycles. The molecular formula is C13H17NO4. The topological polar surface area (TPSA) is 64.6 Å². The summed E-state index contributed by atoms with van der Waals surface area (Å²) in [6.07, 6.45) is 0. The lowest BCUT2D eigenvalue weighted by Gasteiger charge is -2.15. The van der Waals surface area contributed by atoms with Crippen molar-refractivity contribution in [1.29, 1.82) is 0 Å². The zero-order valence-electron chi connectivity index (χ0n) is 10.7. The summed E-state index contributed by atoms with van der Waals surface area (Å²) in [5.74, 6) is -0.814. The van der Waals surface area contributed by atoms with Gasteiger partial charge in [-0.3, -0.25) is 0 Å². The van der Waals surface area contributed by atoms with Crippen molar-refractivity contribution in [2.75, 3.05) is 19.0 Å². The molecular weight excluding hydrogens is 234 g/mol. The van der Waals surface area contributed by atoms with Gasteiger partial charge in [-0.05, 0) is 26.0 Å². The molecule has 0 saturated carbocycles. The van der Waals surface area contributed by atoms with E-state index in [4.69, 9.17) is 4.74 Å². The minimum absolute atomic E-state index is 0.305. The van der Waals surface area contributed by atoms with Gasteiger partial charge in [-0.2, -0.15) is 0 Å². The molecule has 1 unspecified atom stereocenters. The second kappa shape index (κ2) is 6.64. The van der Waals surface area contributed by atoms with Gasteiger partial charge < -0.3 is 14.8 Å². The van der Waals surface area contributed by atoms with Crippen LogP contribution >= 0.6 is 0 Å². The van der Waals surface area contributed by atoms with Crippen LogP contribution in [0.5, 0.6) is 0 Å². The molecule has 1 aromatic rings. The summed E-state index contributed by atoms with van der Waals surface area (Å²) in [6, 6.07) is 6.33. The first-order valence-corrected chi connectivity index (χ1v) is 5.70. The molecule has 0 fully saturated rings. The van der Waals surface area contributed by atoms with Gasteiger partial charge in [0.2, 0.25) is 0 Å². The molecule has 1 aromatic carbocycles. The van der Waals surface area contributed by atoms with Crippen LogP contribution in [0.4, 0.5) is 5.69 Å². The number of carbonyl (C=O) groups excluding carboxylic acids is 2. The molecule has 1 rings (SSSR count). The Bertz CT molecular complexity index is 431. The standard InChI is InChI=1S/C13H17NO4/c1-4-18-13(16)10-7-5-6-8-11(10)14-9(2)12(15)17-3/h5-9,14H,4H2,1-3H3. The maximum Gasteiger partial charge on any atom is 0.340 e. The van der Waals surface area contributed by atoms with Gasteiger partial charge in [0.25, 0.3) is 0 Å². The number of benzene rings is 1. The molecule has 5 nitrogen and oxygen atoms in total. The summed E-state index contributed by atoms with van der Waals surface area (Å²) in [4.78, 5) is 23.0. The molecule has 0 aliphatic rings. The van der Waals surface area contributed by atoms with Crippen molar-refractivity contribution >= 4 is 17.6 Å². The van der Waals surface area contributed by atoms with Crippen LogP contribution in [-0.2, 0) is 14.3 Å². The summed E-state index contributed by atoms with van der Waals surface area (Å²) < 4.78 is 9.56. The summed E-state index contributed by atoms with van der Waals surface area (Å²) in [5, 5.41) is 2.93. The van der Waals surface area contributed by atoms with Crippen molar-refractivity contribution in [2.45, 2.75) is 19.9 Å². The fourth-order valence-corrected chi connectivity index (χ4v) is 1.46. The Kier molecular flexibility index (Phi) is 5.17. The van der Waals surface area contributed by atoms with E-state index in [-0.39, 0.29) is 0 Å². The zero-order valence-corrected chi connectivity index (χ0v) is 10.7. The molecule has 0 spiro atoms. The van der Waals surface area contributed by atoms with Crippen LogP contribution in [0.15, 0.2) is 24.3 Å². The number of carbonyl (C=O) groups is 2. The number of hydrogen-bond donors (Lipinski definition) is 1. The predicted molar refractivity (Wildman–Crippen MR) is 67.5 cm³/mol. The predicted octanol–water partition coefficient (Wildman–Crippen LogP) is 1.84. The molecule has 98 valence electrons. The Balaban J connectivity index is 2.88. The second-order valence-corrected chi connectivity index (χ2v) is 3.66. The number of para-hydroxylation sites is 1. The van der Waals surface area contributed by atoms with E-state index in [2.05, 4.69) is 10.1 Å². The largest absolute Gasteiger partial charge is 0.467 e. The lowest BCUT2D eigenvalue weighted by molar-refractivity contribution is -0.141. The van der Waals surface area contributed by atoms with Crippen molar-refractivity contribution in [2.24, 2.45) is 0 Å². The first-order chi connectivity index (χ1) is 8.60. The van der Waals surface area contributed by atoms with E-state index in [1.807, 2.05) is 0 Å². The Morgan fingerprint density at radius 2 is 2.00 bits per heavy atom. The molecule has 0 amide bonds. The van der Waals surface area contributed by atoms with E-state index in [9.17, 15) is 9.59 Å². The second-order valence-electron chi connectivity index (χ2n) is 3.66. The number of nitrogens with one attached hydrogen (secondary N) is 1. The van der Waals surface area contributed by atoms with E-state index < -0.39 is 18.0 Å². The highest BCUT2D eigenvalue weighted by atomic mass is 16.5. The average Bonchev–Trinajstić information content (AvgIpc) is 2.38. The Labute approximate surface area is 106 Å². The maximum absolute atomic E-state index is 11.7. The number of hydrogen-bond acceptors (Lipinski definition) is 5. The molecule has 5 heteroatoms. The molecule has 0 aromatic heterocycles. The SMILES string of the molecule is CCOC(=O)c1ccccc1NC(C)C(=O)OC. The average molecular weight is 251 g/mol. The van der Waals surface area contributed by atoms with Gasteiger partial charge in [0.15, 0.2) is 0 Å². The Morgan fingerprint density at radius 1 is 1.33 bits per heavy atom. The number of ether oxygens (including phenoxy) is 2. The van der Waals surface area contributed by atoms with Crippen LogP contribution in [0.1, 0.15) is 24.2 Å². The van der Waals surface area contributed by atoms with Gasteiger partial charge in [-0.25, -0.2) is 9.59 Å². The van der Waals surface area contributed by atoms with Crippen molar-refractivity contribution in [3.8, 4) is 0 Å². The van der Waals surface area contributed by atoms with Crippen LogP contribution in [0.3, 0.4) is 0 Å². The van der Waals surface area contributed by atoms with Crippen LogP contribution < -0.4 is 5.32 Å². The van der Waals surface area contributed by atoms with E-state index in [1.165, 1.54) is 7.11 Å². The third-order valence-electron chi connectivity index (χ3n) is 2.35. The van der Waals surface area contributed by atoms with Gasteiger partial charge >= 0.3 is 11.9 Å². The molecule has 1 N–H and O–H groups in total. The molecule has 18 heavy (non-hydrogen) atoms. The molecule has 0 saturated heterocycles. The minimum atomic E-state index is -0.537. The first-order valence-electron chi connectivity index (χ1n) is 5.70. The zero-order chi connectivity index (χ0) is 13.5. The maximum atomic E-state index is 11.7. The Morgan fingerprint density at radius 3 is 2.61 bits per heavy atom. The Hall–Kier alpha value is -2.04. The number of esters is 2. The highest BCUT2D eigenvalue weighted by molar-refractivity contribution is 5.96. The molecule has 1 atom stereocenters. The van der Waals surface area contributed by atoms with E-state index >= 15 is 0 Å². The molecule has 0 aliphatic carbocycles. The van der Waals surface area contributed by atoms with Crippen LogP contribution in [0.25, 0.3) is 0 Å². The quantitative estimate of drug-likeness (QED) is 0.809. The third-order valence-corrected chi connectivity index (χ3v) is 2.35. The van der Waals surface area contributed by atoms with E-state index in [1.54, 1.807) is 38.1 Å². The minimum Gasteiger partial charge on any atom is -0.467 e. The highest BCUT2D eigenvalue weighted by Crippen LogP contribution is 2.17.